The first kappa shape index (κ1) is 18.9. The van der Waals surface area contributed by atoms with Gasteiger partial charge in [0.05, 0.1) is 7.11 Å². The smallest absolute Gasteiger partial charge is 0.118 e. The van der Waals surface area contributed by atoms with E-state index in [0.717, 1.165) is 12.3 Å². The number of nitrogens with one attached hydrogen (secondary N) is 2. The van der Waals surface area contributed by atoms with Crippen LogP contribution < -0.4 is 10.1 Å². The molecule has 3 heteroatoms. The number of aromatic amines is 1. The topological polar surface area (TPSA) is 37.0 Å². The zero-order chi connectivity index (χ0) is 20.2. The average Bonchev–Trinajstić information content (AvgIpc) is 3.00. The maximum absolute atomic E-state index is 5.33. The molecule has 0 amide bonds. The second-order valence-corrected chi connectivity index (χ2v) is 9.96. The summed E-state index contributed by atoms with van der Waals surface area (Å²) in [5, 5.41) is 4.99. The van der Waals surface area contributed by atoms with Gasteiger partial charge < -0.3 is 15.0 Å². The highest BCUT2D eigenvalue weighted by Crippen LogP contribution is 2.64. The number of hydrogen-bond donors (Lipinski definition) is 2. The first-order chi connectivity index (χ1) is 13.1. The molecule has 1 fully saturated rings. The summed E-state index contributed by atoms with van der Waals surface area (Å²) in [6, 6.07) is 17.5. The quantitative estimate of drug-likeness (QED) is 0.552. The number of ether oxygens (including phenoxy) is 1. The Morgan fingerprint density at radius 3 is 2.29 bits per heavy atom. The summed E-state index contributed by atoms with van der Waals surface area (Å²) in [5.41, 5.74) is 5.65. The van der Waals surface area contributed by atoms with Crippen LogP contribution in [0, 0.1) is 5.41 Å². The molecule has 1 aliphatic carbocycles. The molecular weight excluding hydrogens is 344 g/mol. The van der Waals surface area contributed by atoms with E-state index >= 15 is 0 Å². The summed E-state index contributed by atoms with van der Waals surface area (Å²) in [6.45, 7) is 12.4. The number of H-pyrrole nitrogens is 1. The Morgan fingerprint density at radius 2 is 1.71 bits per heavy atom. The van der Waals surface area contributed by atoms with Crippen LogP contribution in [0.25, 0.3) is 10.9 Å². The van der Waals surface area contributed by atoms with Gasteiger partial charge >= 0.3 is 0 Å². The average molecular weight is 377 g/mol. The first-order valence-electron chi connectivity index (χ1n) is 10.2. The second kappa shape index (κ2) is 6.30. The molecule has 0 radical (unpaired) electrons. The summed E-state index contributed by atoms with van der Waals surface area (Å²) in [5.74, 6) is 0.915. The summed E-state index contributed by atoms with van der Waals surface area (Å²) in [6.07, 6.45) is 1.19. The Kier molecular flexibility index (Phi) is 4.26. The molecule has 1 saturated carbocycles. The van der Waals surface area contributed by atoms with Gasteiger partial charge in [0.2, 0.25) is 0 Å². The molecule has 1 aromatic heterocycles. The molecule has 0 bridgehead atoms. The number of aromatic nitrogens is 1. The van der Waals surface area contributed by atoms with E-state index in [1.807, 2.05) is 0 Å². The molecular formula is C25H32N2O. The Balaban J connectivity index is 1.56. The van der Waals surface area contributed by atoms with E-state index in [0.29, 0.717) is 5.41 Å². The molecule has 2 N–H and O–H groups in total. The fourth-order valence-corrected chi connectivity index (χ4v) is 4.42. The highest BCUT2D eigenvalue weighted by Gasteiger charge is 2.61. The number of benzene rings is 2. The second-order valence-electron chi connectivity index (χ2n) is 9.96. The lowest BCUT2D eigenvalue weighted by Crippen LogP contribution is -2.24. The van der Waals surface area contributed by atoms with Crippen molar-refractivity contribution in [2.75, 3.05) is 19.0 Å². The van der Waals surface area contributed by atoms with Crippen molar-refractivity contribution in [2.45, 2.75) is 51.9 Å². The van der Waals surface area contributed by atoms with Gasteiger partial charge in [0, 0.05) is 39.7 Å². The molecule has 148 valence electrons. The van der Waals surface area contributed by atoms with Gasteiger partial charge in [-0.25, -0.2) is 0 Å². The van der Waals surface area contributed by atoms with E-state index in [9.17, 15) is 0 Å². The largest absolute Gasteiger partial charge is 0.497 e. The van der Waals surface area contributed by atoms with E-state index in [-0.39, 0.29) is 10.8 Å². The van der Waals surface area contributed by atoms with Crippen LogP contribution >= 0.6 is 0 Å². The number of hydrogen-bond acceptors (Lipinski definition) is 2. The minimum absolute atomic E-state index is 0.128. The van der Waals surface area contributed by atoms with E-state index in [4.69, 9.17) is 4.74 Å². The zero-order valence-electron chi connectivity index (χ0n) is 17.9. The third-order valence-electron chi connectivity index (χ3n) is 6.58. The van der Waals surface area contributed by atoms with Gasteiger partial charge in [0.25, 0.3) is 0 Å². The van der Waals surface area contributed by atoms with Crippen LogP contribution in [0.1, 0.15) is 52.3 Å². The van der Waals surface area contributed by atoms with Gasteiger partial charge in [-0.05, 0) is 53.8 Å². The van der Waals surface area contributed by atoms with Crippen LogP contribution in [0.15, 0.2) is 48.5 Å². The highest BCUT2D eigenvalue weighted by atomic mass is 16.5. The molecule has 1 unspecified atom stereocenters. The fraction of sp³-hybridized carbons (Fsp3) is 0.440. The molecule has 0 saturated heterocycles. The highest BCUT2D eigenvalue weighted by molar-refractivity contribution is 5.84. The maximum atomic E-state index is 5.33. The molecule has 0 spiro atoms. The summed E-state index contributed by atoms with van der Waals surface area (Å²) >= 11 is 0. The Morgan fingerprint density at radius 1 is 1.04 bits per heavy atom. The predicted octanol–water partition coefficient (Wildman–Crippen LogP) is 6.25. The molecule has 0 aliphatic heterocycles. The molecule has 1 atom stereocenters. The minimum atomic E-state index is 0.128. The Hall–Kier alpha value is -2.42. The Bertz CT molecular complexity index is 992. The lowest BCUT2D eigenvalue weighted by atomic mass is 9.87. The lowest BCUT2D eigenvalue weighted by molar-refractivity contribution is 0.414. The van der Waals surface area contributed by atoms with Crippen molar-refractivity contribution in [3.05, 3.63) is 59.8 Å². The van der Waals surface area contributed by atoms with Gasteiger partial charge in [0.1, 0.15) is 5.75 Å². The van der Waals surface area contributed by atoms with Gasteiger partial charge in [-0.1, -0.05) is 46.8 Å². The van der Waals surface area contributed by atoms with Crippen molar-refractivity contribution < 1.29 is 4.74 Å². The van der Waals surface area contributed by atoms with Gasteiger partial charge in [-0.2, -0.15) is 0 Å². The zero-order valence-corrected chi connectivity index (χ0v) is 17.9. The van der Waals surface area contributed by atoms with Crippen molar-refractivity contribution in [1.82, 2.24) is 4.98 Å². The first-order valence-corrected chi connectivity index (χ1v) is 10.2. The SMILES string of the molecule is COc1ccc(C2(CNc3ccc4[nH]c(C(C)(C)C)cc4c3)CC2(C)C)cc1. The van der Waals surface area contributed by atoms with E-state index < -0.39 is 0 Å². The van der Waals surface area contributed by atoms with Crippen molar-refractivity contribution in [2.24, 2.45) is 5.41 Å². The molecule has 1 aliphatic rings. The molecule has 3 aromatic rings. The summed E-state index contributed by atoms with van der Waals surface area (Å²) < 4.78 is 5.33. The van der Waals surface area contributed by atoms with E-state index in [2.05, 4.69) is 93.5 Å². The van der Waals surface area contributed by atoms with Crippen LogP contribution in [0.5, 0.6) is 5.75 Å². The number of fused-ring (bicyclic) bond motifs is 1. The van der Waals surface area contributed by atoms with Gasteiger partial charge in [0.15, 0.2) is 0 Å². The Labute approximate surface area is 168 Å². The van der Waals surface area contributed by atoms with Crippen LogP contribution in [-0.2, 0) is 10.8 Å². The monoisotopic (exact) mass is 376 g/mol. The normalized spacial score (nSPS) is 20.9. The number of rotatable bonds is 5. The summed E-state index contributed by atoms with van der Waals surface area (Å²) in [4.78, 5) is 3.56. The number of methoxy groups -OCH3 is 1. The van der Waals surface area contributed by atoms with Crippen LogP contribution in [0.2, 0.25) is 0 Å². The molecule has 2 aromatic carbocycles. The standard InChI is InChI=1S/C25H32N2O/c1-23(2,3)22-14-17-13-19(9-12-21(17)27-22)26-16-25(15-24(25,4)5)18-7-10-20(28-6)11-8-18/h7-14,26-27H,15-16H2,1-6H3. The third kappa shape index (κ3) is 3.17. The van der Waals surface area contributed by atoms with E-state index in [1.54, 1.807) is 7.11 Å². The van der Waals surface area contributed by atoms with E-state index in [1.165, 1.54) is 34.3 Å². The van der Waals surface area contributed by atoms with Crippen molar-refractivity contribution in [1.29, 1.82) is 0 Å². The molecule has 3 nitrogen and oxygen atoms in total. The van der Waals surface area contributed by atoms with Crippen LogP contribution in [0.4, 0.5) is 5.69 Å². The maximum Gasteiger partial charge on any atom is 0.118 e. The number of anilines is 1. The minimum Gasteiger partial charge on any atom is -0.497 e. The molecule has 4 rings (SSSR count). The molecule has 28 heavy (non-hydrogen) atoms. The fourth-order valence-electron chi connectivity index (χ4n) is 4.42. The van der Waals surface area contributed by atoms with Crippen molar-refractivity contribution in [3.63, 3.8) is 0 Å². The summed E-state index contributed by atoms with van der Waals surface area (Å²) in [7, 11) is 1.72. The lowest BCUT2D eigenvalue weighted by Gasteiger charge is -2.23. The van der Waals surface area contributed by atoms with Crippen LogP contribution in [-0.4, -0.2) is 18.6 Å². The van der Waals surface area contributed by atoms with Crippen molar-refractivity contribution in [3.8, 4) is 5.75 Å². The van der Waals surface area contributed by atoms with Crippen molar-refractivity contribution >= 4 is 16.6 Å². The predicted molar refractivity (Wildman–Crippen MR) is 119 cm³/mol. The molecule has 1 heterocycles. The van der Waals surface area contributed by atoms with Gasteiger partial charge in [-0.15, -0.1) is 0 Å². The third-order valence-corrected chi connectivity index (χ3v) is 6.58. The van der Waals surface area contributed by atoms with Gasteiger partial charge in [-0.3, -0.25) is 0 Å². The van der Waals surface area contributed by atoms with Crippen LogP contribution in [0.3, 0.4) is 0 Å².